The van der Waals surface area contributed by atoms with Crippen LogP contribution < -0.4 is 11.1 Å². The summed E-state index contributed by atoms with van der Waals surface area (Å²) >= 11 is 0. The van der Waals surface area contributed by atoms with E-state index in [2.05, 4.69) is 5.32 Å². The van der Waals surface area contributed by atoms with Gasteiger partial charge in [0.1, 0.15) is 0 Å². The van der Waals surface area contributed by atoms with Crippen molar-refractivity contribution >= 4 is 17.6 Å². The fourth-order valence-electron chi connectivity index (χ4n) is 1.54. The number of carboxylic acids is 1. The molecule has 19 heavy (non-hydrogen) atoms. The molecule has 0 bridgehead atoms. The molecule has 5 nitrogen and oxygen atoms in total. The van der Waals surface area contributed by atoms with Gasteiger partial charge in [0.2, 0.25) is 5.91 Å². The highest BCUT2D eigenvalue weighted by molar-refractivity contribution is 5.94. The highest BCUT2D eigenvalue weighted by atomic mass is 16.4. The van der Waals surface area contributed by atoms with Crippen molar-refractivity contribution in [3.8, 4) is 0 Å². The molecule has 1 aromatic carbocycles. The van der Waals surface area contributed by atoms with Crippen LogP contribution in [0, 0.1) is 6.92 Å². The highest BCUT2D eigenvalue weighted by Gasteiger charge is 2.14. The second kappa shape index (κ2) is 5.84. The molecule has 0 atom stereocenters. The Balaban J connectivity index is 2.73. The standard InChI is InChI=1S/C14H20N2O3/c1-9-4-5-10(13(18)19)8-11(9)16-12(17)6-7-14(2,3)15/h4-5,8H,6-7,15H2,1-3H3,(H,16,17)(H,18,19). The van der Waals surface area contributed by atoms with E-state index in [0.717, 1.165) is 5.56 Å². The first-order valence-electron chi connectivity index (χ1n) is 6.12. The molecule has 0 saturated heterocycles. The molecule has 4 N–H and O–H groups in total. The van der Waals surface area contributed by atoms with Crippen LogP contribution in [-0.2, 0) is 4.79 Å². The van der Waals surface area contributed by atoms with Crippen LogP contribution >= 0.6 is 0 Å². The number of carbonyl (C=O) groups excluding carboxylic acids is 1. The van der Waals surface area contributed by atoms with Gasteiger partial charge in [-0.3, -0.25) is 4.79 Å². The predicted octanol–water partition coefficient (Wildman–Crippen LogP) is 2.15. The molecule has 0 aliphatic rings. The summed E-state index contributed by atoms with van der Waals surface area (Å²) in [5.74, 6) is -1.18. The molecule has 0 spiro atoms. The number of benzene rings is 1. The molecule has 0 aromatic heterocycles. The molecule has 0 radical (unpaired) electrons. The number of rotatable bonds is 5. The Kier molecular flexibility index (Phi) is 4.67. The minimum absolute atomic E-state index is 0.153. The molecule has 1 amide bonds. The van der Waals surface area contributed by atoms with E-state index in [1.165, 1.54) is 12.1 Å². The van der Waals surface area contributed by atoms with Crippen LogP contribution in [0.1, 0.15) is 42.6 Å². The second-order valence-electron chi connectivity index (χ2n) is 5.37. The molecule has 5 heteroatoms. The van der Waals surface area contributed by atoms with Crippen molar-refractivity contribution < 1.29 is 14.7 Å². The van der Waals surface area contributed by atoms with Crippen LogP contribution in [0.5, 0.6) is 0 Å². The SMILES string of the molecule is Cc1ccc(C(=O)O)cc1NC(=O)CCC(C)(C)N. The van der Waals surface area contributed by atoms with Crippen LogP contribution in [0.25, 0.3) is 0 Å². The zero-order chi connectivity index (χ0) is 14.6. The van der Waals surface area contributed by atoms with E-state index < -0.39 is 11.5 Å². The Labute approximate surface area is 112 Å². The maximum absolute atomic E-state index is 11.8. The summed E-state index contributed by atoms with van der Waals surface area (Å²) in [7, 11) is 0. The van der Waals surface area contributed by atoms with E-state index in [4.69, 9.17) is 10.8 Å². The average molecular weight is 264 g/mol. The van der Waals surface area contributed by atoms with E-state index in [1.54, 1.807) is 6.07 Å². The van der Waals surface area contributed by atoms with Crippen molar-refractivity contribution in [3.63, 3.8) is 0 Å². The summed E-state index contributed by atoms with van der Waals surface area (Å²) in [6.45, 7) is 5.53. The van der Waals surface area contributed by atoms with Crippen molar-refractivity contribution in [2.45, 2.75) is 39.2 Å². The molecule has 1 rings (SSSR count). The normalized spacial score (nSPS) is 11.2. The van der Waals surface area contributed by atoms with Gasteiger partial charge >= 0.3 is 5.97 Å². The number of aromatic carboxylic acids is 1. The number of carboxylic acid groups (broad SMARTS) is 1. The Morgan fingerprint density at radius 3 is 2.53 bits per heavy atom. The molecule has 0 heterocycles. The van der Waals surface area contributed by atoms with Gasteiger partial charge in [-0.25, -0.2) is 4.79 Å². The number of amides is 1. The smallest absolute Gasteiger partial charge is 0.335 e. The average Bonchev–Trinajstić information content (AvgIpc) is 2.28. The van der Waals surface area contributed by atoms with Gasteiger partial charge in [0, 0.05) is 17.6 Å². The van der Waals surface area contributed by atoms with E-state index in [9.17, 15) is 9.59 Å². The number of nitrogens with one attached hydrogen (secondary N) is 1. The van der Waals surface area contributed by atoms with Gasteiger partial charge in [-0.1, -0.05) is 6.07 Å². The van der Waals surface area contributed by atoms with Gasteiger partial charge in [0.15, 0.2) is 0 Å². The van der Waals surface area contributed by atoms with Gasteiger partial charge in [-0.15, -0.1) is 0 Å². The second-order valence-corrected chi connectivity index (χ2v) is 5.37. The minimum atomic E-state index is -1.02. The van der Waals surface area contributed by atoms with Gasteiger partial charge in [0.25, 0.3) is 0 Å². The van der Waals surface area contributed by atoms with Crippen molar-refractivity contribution in [3.05, 3.63) is 29.3 Å². The Bertz CT molecular complexity index is 490. The molecule has 0 aliphatic carbocycles. The third kappa shape index (κ3) is 5.09. The predicted molar refractivity (Wildman–Crippen MR) is 74.3 cm³/mol. The summed E-state index contributed by atoms with van der Waals surface area (Å²) in [5.41, 5.74) is 6.92. The highest BCUT2D eigenvalue weighted by Crippen LogP contribution is 2.18. The number of hydrogen-bond donors (Lipinski definition) is 3. The molecule has 0 unspecified atom stereocenters. The van der Waals surface area contributed by atoms with Crippen molar-refractivity contribution in [2.75, 3.05) is 5.32 Å². The quantitative estimate of drug-likeness (QED) is 0.759. The molecular formula is C14H20N2O3. The van der Waals surface area contributed by atoms with Crippen LogP contribution in [0.2, 0.25) is 0 Å². The van der Waals surface area contributed by atoms with Crippen LogP contribution in [0.4, 0.5) is 5.69 Å². The lowest BCUT2D eigenvalue weighted by Crippen LogP contribution is -2.33. The fraction of sp³-hybridized carbons (Fsp3) is 0.429. The third-order valence-electron chi connectivity index (χ3n) is 2.76. The number of carbonyl (C=O) groups is 2. The first-order valence-corrected chi connectivity index (χ1v) is 6.12. The first kappa shape index (κ1) is 15.2. The molecule has 1 aromatic rings. The van der Waals surface area contributed by atoms with Crippen molar-refractivity contribution in [1.82, 2.24) is 0 Å². The first-order chi connectivity index (χ1) is 8.69. The fourth-order valence-corrected chi connectivity index (χ4v) is 1.54. The zero-order valence-electron chi connectivity index (χ0n) is 11.5. The molecule has 0 fully saturated rings. The number of nitrogens with two attached hydrogens (primary N) is 1. The summed E-state index contributed by atoms with van der Waals surface area (Å²) < 4.78 is 0. The number of anilines is 1. The van der Waals surface area contributed by atoms with E-state index in [1.807, 2.05) is 20.8 Å². The molecular weight excluding hydrogens is 244 g/mol. The zero-order valence-corrected chi connectivity index (χ0v) is 11.5. The monoisotopic (exact) mass is 264 g/mol. The van der Waals surface area contributed by atoms with Gasteiger partial charge in [-0.2, -0.15) is 0 Å². The van der Waals surface area contributed by atoms with E-state index in [-0.39, 0.29) is 11.5 Å². The lowest BCUT2D eigenvalue weighted by atomic mass is 10.00. The summed E-state index contributed by atoms with van der Waals surface area (Å²) in [4.78, 5) is 22.7. The molecule has 0 aliphatic heterocycles. The maximum atomic E-state index is 11.8. The van der Waals surface area contributed by atoms with E-state index in [0.29, 0.717) is 18.5 Å². The van der Waals surface area contributed by atoms with Crippen LogP contribution in [0.3, 0.4) is 0 Å². The Morgan fingerprint density at radius 2 is 2.00 bits per heavy atom. The topological polar surface area (TPSA) is 92.4 Å². The Hall–Kier alpha value is -1.88. The summed E-state index contributed by atoms with van der Waals surface area (Å²) in [5, 5.41) is 11.6. The summed E-state index contributed by atoms with van der Waals surface area (Å²) in [6.07, 6.45) is 0.872. The maximum Gasteiger partial charge on any atom is 0.335 e. The Morgan fingerprint density at radius 1 is 1.37 bits per heavy atom. The molecule has 104 valence electrons. The molecule has 0 saturated carbocycles. The van der Waals surface area contributed by atoms with Crippen molar-refractivity contribution in [1.29, 1.82) is 0 Å². The van der Waals surface area contributed by atoms with Crippen molar-refractivity contribution in [2.24, 2.45) is 5.73 Å². The number of aryl methyl sites for hydroxylation is 1. The lowest BCUT2D eigenvalue weighted by Gasteiger charge is -2.18. The van der Waals surface area contributed by atoms with Gasteiger partial charge in [-0.05, 0) is 44.9 Å². The van der Waals surface area contributed by atoms with Crippen LogP contribution in [0.15, 0.2) is 18.2 Å². The van der Waals surface area contributed by atoms with Gasteiger partial charge in [0.05, 0.1) is 5.56 Å². The lowest BCUT2D eigenvalue weighted by molar-refractivity contribution is -0.116. The number of hydrogen-bond acceptors (Lipinski definition) is 3. The van der Waals surface area contributed by atoms with Crippen LogP contribution in [-0.4, -0.2) is 22.5 Å². The summed E-state index contributed by atoms with van der Waals surface area (Å²) in [6, 6.07) is 4.64. The van der Waals surface area contributed by atoms with E-state index >= 15 is 0 Å². The van der Waals surface area contributed by atoms with Gasteiger partial charge < -0.3 is 16.2 Å². The largest absolute Gasteiger partial charge is 0.478 e. The minimum Gasteiger partial charge on any atom is -0.478 e. The third-order valence-corrected chi connectivity index (χ3v) is 2.76.